The van der Waals surface area contributed by atoms with Gasteiger partial charge in [0, 0.05) is 17.4 Å². The number of nitrogens with two attached hydrogens (primary N) is 1. The summed E-state index contributed by atoms with van der Waals surface area (Å²) < 4.78 is 1.85. The van der Waals surface area contributed by atoms with Gasteiger partial charge in [-0.25, -0.2) is 4.98 Å². The zero-order valence-corrected chi connectivity index (χ0v) is 9.72. The van der Waals surface area contributed by atoms with Crippen molar-refractivity contribution in [1.82, 2.24) is 9.38 Å². The van der Waals surface area contributed by atoms with Gasteiger partial charge in [0.2, 0.25) is 0 Å². The third kappa shape index (κ3) is 1.74. The van der Waals surface area contributed by atoms with E-state index >= 15 is 0 Å². The predicted molar refractivity (Wildman–Crippen MR) is 70.1 cm³/mol. The van der Waals surface area contributed by atoms with Crippen LogP contribution in [0.4, 0.5) is 5.69 Å². The van der Waals surface area contributed by atoms with Crippen molar-refractivity contribution in [3.63, 3.8) is 0 Å². The van der Waals surface area contributed by atoms with Crippen molar-refractivity contribution in [3.05, 3.63) is 53.8 Å². The highest BCUT2D eigenvalue weighted by Gasteiger charge is 2.05. The molecule has 0 atom stereocenters. The molecule has 0 amide bonds. The molecule has 0 spiro atoms. The molecule has 1 aromatic carbocycles. The Bertz CT molecular complexity index is 688. The lowest BCUT2D eigenvalue weighted by Gasteiger charge is -1.97. The van der Waals surface area contributed by atoms with Crippen LogP contribution in [0.15, 0.2) is 48.7 Å². The van der Waals surface area contributed by atoms with Gasteiger partial charge in [0.1, 0.15) is 10.8 Å². The van der Waals surface area contributed by atoms with E-state index in [0.717, 1.165) is 22.6 Å². The second-order valence-electron chi connectivity index (χ2n) is 3.83. The average molecular weight is 244 g/mol. The van der Waals surface area contributed by atoms with Gasteiger partial charge in [-0.05, 0) is 24.3 Å². The Hall–Kier alpha value is -2.00. The van der Waals surface area contributed by atoms with E-state index in [1.807, 2.05) is 53.1 Å². The molecule has 0 radical (unpaired) electrons. The number of halogens is 1. The number of rotatable bonds is 1. The van der Waals surface area contributed by atoms with Crippen LogP contribution < -0.4 is 5.73 Å². The van der Waals surface area contributed by atoms with Crippen LogP contribution in [-0.4, -0.2) is 9.38 Å². The largest absolute Gasteiger partial charge is 0.399 e. The molecule has 0 bridgehead atoms. The quantitative estimate of drug-likeness (QED) is 0.527. The summed E-state index contributed by atoms with van der Waals surface area (Å²) in [5.74, 6) is 0. The minimum atomic E-state index is 0.644. The Labute approximate surface area is 103 Å². The molecule has 0 fully saturated rings. The maximum atomic E-state index is 6.09. The molecule has 3 rings (SSSR count). The number of pyridine rings is 1. The molecule has 0 aliphatic rings. The highest BCUT2D eigenvalue weighted by Crippen LogP contribution is 2.23. The number of imidazole rings is 1. The van der Waals surface area contributed by atoms with E-state index in [0.29, 0.717) is 5.15 Å². The van der Waals surface area contributed by atoms with Crippen LogP contribution >= 0.6 is 11.6 Å². The van der Waals surface area contributed by atoms with Crippen molar-refractivity contribution in [3.8, 4) is 11.3 Å². The topological polar surface area (TPSA) is 43.3 Å². The smallest absolute Gasteiger partial charge is 0.138 e. The normalized spacial score (nSPS) is 10.9. The molecular weight excluding hydrogens is 234 g/mol. The standard InChI is InChI=1S/C13H10ClN3/c14-12-5-2-6-13-16-11(8-17(12)13)9-3-1-4-10(15)7-9/h1-8H,15H2. The summed E-state index contributed by atoms with van der Waals surface area (Å²) in [6, 6.07) is 13.3. The van der Waals surface area contributed by atoms with E-state index in [2.05, 4.69) is 4.98 Å². The van der Waals surface area contributed by atoms with Crippen molar-refractivity contribution in [1.29, 1.82) is 0 Å². The molecule has 3 nitrogen and oxygen atoms in total. The van der Waals surface area contributed by atoms with E-state index in [4.69, 9.17) is 17.3 Å². The van der Waals surface area contributed by atoms with Gasteiger partial charge in [0.15, 0.2) is 0 Å². The van der Waals surface area contributed by atoms with Crippen LogP contribution in [0.3, 0.4) is 0 Å². The van der Waals surface area contributed by atoms with Crippen molar-refractivity contribution in [2.24, 2.45) is 0 Å². The van der Waals surface area contributed by atoms with Crippen LogP contribution in [0.5, 0.6) is 0 Å². The van der Waals surface area contributed by atoms with E-state index in [1.54, 1.807) is 0 Å². The maximum Gasteiger partial charge on any atom is 0.138 e. The summed E-state index contributed by atoms with van der Waals surface area (Å²) in [6.07, 6.45) is 1.91. The first-order valence-corrected chi connectivity index (χ1v) is 5.61. The number of nitrogen functional groups attached to an aromatic ring is 1. The molecule has 84 valence electrons. The summed E-state index contributed by atoms with van der Waals surface area (Å²) in [5.41, 5.74) is 9.17. The van der Waals surface area contributed by atoms with Crippen molar-refractivity contribution in [2.45, 2.75) is 0 Å². The zero-order chi connectivity index (χ0) is 11.8. The number of benzene rings is 1. The zero-order valence-electron chi connectivity index (χ0n) is 8.97. The Morgan fingerprint density at radius 3 is 2.71 bits per heavy atom. The second kappa shape index (κ2) is 3.79. The number of aromatic nitrogens is 2. The second-order valence-corrected chi connectivity index (χ2v) is 4.22. The SMILES string of the molecule is Nc1cccc(-c2cn3c(Cl)cccc3n2)c1. The van der Waals surface area contributed by atoms with Gasteiger partial charge in [0.05, 0.1) is 5.69 Å². The van der Waals surface area contributed by atoms with Gasteiger partial charge >= 0.3 is 0 Å². The van der Waals surface area contributed by atoms with Crippen LogP contribution in [0.25, 0.3) is 16.9 Å². The fourth-order valence-electron chi connectivity index (χ4n) is 1.81. The molecule has 4 heteroatoms. The Balaban J connectivity index is 2.22. The Morgan fingerprint density at radius 2 is 1.94 bits per heavy atom. The lowest BCUT2D eigenvalue weighted by molar-refractivity contribution is 1.19. The first-order valence-electron chi connectivity index (χ1n) is 5.23. The first-order chi connectivity index (χ1) is 8.24. The number of hydrogen-bond acceptors (Lipinski definition) is 2. The molecule has 0 saturated carbocycles. The maximum absolute atomic E-state index is 6.09. The monoisotopic (exact) mass is 243 g/mol. The summed E-state index contributed by atoms with van der Waals surface area (Å²) >= 11 is 6.09. The van der Waals surface area contributed by atoms with Crippen molar-refractivity contribution >= 4 is 22.9 Å². The summed E-state index contributed by atoms with van der Waals surface area (Å²) in [7, 11) is 0. The average Bonchev–Trinajstić information content (AvgIpc) is 2.74. The fourth-order valence-corrected chi connectivity index (χ4v) is 2.02. The van der Waals surface area contributed by atoms with Crippen LogP contribution in [0.2, 0.25) is 5.15 Å². The summed E-state index contributed by atoms with van der Waals surface area (Å²) in [4.78, 5) is 4.51. The van der Waals surface area contributed by atoms with Crippen molar-refractivity contribution < 1.29 is 0 Å². The van der Waals surface area contributed by atoms with Crippen LogP contribution in [-0.2, 0) is 0 Å². The highest BCUT2D eigenvalue weighted by molar-refractivity contribution is 6.29. The minimum Gasteiger partial charge on any atom is -0.399 e. The van der Waals surface area contributed by atoms with Gasteiger partial charge in [-0.2, -0.15) is 0 Å². The van der Waals surface area contributed by atoms with Gasteiger partial charge in [-0.3, -0.25) is 4.40 Å². The summed E-state index contributed by atoms with van der Waals surface area (Å²) in [6.45, 7) is 0. The molecule has 0 saturated heterocycles. The minimum absolute atomic E-state index is 0.644. The fraction of sp³-hybridized carbons (Fsp3) is 0. The molecule has 0 aliphatic heterocycles. The Morgan fingerprint density at radius 1 is 1.12 bits per heavy atom. The third-order valence-corrected chi connectivity index (χ3v) is 2.93. The molecule has 2 aromatic heterocycles. The number of hydrogen-bond donors (Lipinski definition) is 1. The molecule has 17 heavy (non-hydrogen) atoms. The van der Waals surface area contributed by atoms with Crippen molar-refractivity contribution in [2.75, 3.05) is 5.73 Å². The van der Waals surface area contributed by atoms with E-state index in [1.165, 1.54) is 0 Å². The van der Waals surface area contributed by atoms with Crippen LogP contribution in [0, 0.1) is 0 Å². The molecule has 2 N–H and O–H groups in total. The highest BCUT2D eigenvalue weighted by atomic mass is 35.5. The van der Waals surface area contributed by atoms with E-state index in [9.17, 15) is 0 Å². The lowest BCUT2D eigenvalue weighted by Crippen LogP contribution is -1.84. The van der Waals surface area contributed by atoms with Gasteiger partial charge < -0.3 is 5.73 Å². The van der Waals surface area contributed by atoms with E-state index in [-0.39, 0.29) is 0 Å². The molecular formula is C13H10ClN3. The first kappa shape index (κ1) is 10.2. The predicted octanol–water partition coefficient (Wildman–Crippen LogP) is 3.24. The van der Waals surface area contributed by atoms with Gasteiger partial charge in [0.25, 0.3) is 0 Å². The summed E-state index contributed by atoms with van der Waals surface area (Å²) in [5, 5.41) is 0.644. The Kier molecular flexibility index (Phi) is 2.27. The molecule has 0 unspecified atom stereocenters. The number of fused-ring (bicyclic) bond motifs is 1. The molecule has 0 aliphatic carbocycles. The molecule has 3 aromatic rings. The number of anilines is 1. The van der Waals surface area contributed by atoms with E-state index < -0.39 is 0 Å². The number of nitrogens with zero attached hydrogens (tertiary/aromatic N) is 2. The lowest BCUT2D eigenvalue weighted by atomic mass is 10.1. The van der Waals surface area contributed by atoms with Gasteiger partial charge in [-0.15, -0.1) is 0 Å². The third-order valence-electron chi connectivity index (χ3n) is 2.62. The van der Waals surface area contributed by atoms with Gasteiger partial charge in [-0.1, -0.05) is 29.8 Å². The molecule has 2 heterocycles. The van der Waals surface area contributed by atoms with Crippen LogP contribution in [0.1, 0.15) is 0 Å².